The molecule has 0 aliphatic carbocycles. The van der Waals surface area contributed by atoms with Gasteiger partial charge in [0.15, 0.2) is 5.82 Å². The number of hydrogen-bond donors (Lipinski definition) is 2. The molecule has 4 aromatic rings. The van der Waals surface area contributed by atoms with Crippen molar-refractivity contribution in [3.8, 4) is 11.8 Å². The maximum atomic E-state index is 13.4. The largest absolute Gasteiger partial charge is 0.488 e. The van der Waals surface area contributed by atoms with Crippen molar-refractivity contribution in [3.05, 3.63) is 83.6 Å². The van der Waals surface area contributed by atoms with Gasteiger partial charge in [-0.3, -0.25) is 4.90 Å². The lowest BCUT2D eigenvalue weighted by Gasteiger charge is -2.29. The van der Waals surface area contributed by atoms with Crippen LogP contribution in [0.1, 0.15) is 29.5 Å². The number of rotatable bonds is 7. The first-order valence-electron chi connectivity index (χ1n) is 11.6. The van der Waals surface area contributed by atoms with Gasteiger partial charge in [-0.15, -0.1) is 0 Å². The molecule has 9 heteroatoms. The van der Waals surface area contributed by atoms with Gasteiger partial charge in [0.05, 0.1) is 5.56 Å². The SMILES string of the molecule is N#Cc1cc(Nc2ncnn3ccc(CN4CCC(N)CC4)c23)ccc1OCc1cccc(F)c1. The zero-order valence-corrected chi connectivity index (χ0v) is 19.2. The molecule has 5 rings (SSSR count). The number of benzene rings is 2. The summed E-state index contributed by atoms with van der Waals surface area (Å²) in [6.07, 6.45) is 5.42. The fourth-order valence-corrected chi connectivity index (χ4v) is 4.33. The first kappa shape index (κ1) is 22.8. The van der Waals surface area contributed by atoms with E-state index in [9.17, 15) is 9.65 Å². The quantitative estimate of drug-likeness (QED) is 0.420. The van der Waals surface area contributed by atoms with Crippen LogP contribution in [0, 0.1) is 17.1 Å². The summed E-state index contributed by atoms with van der Waals surface area (Å²) in [6, 6.07) is 16.0. The van der Waals surface area contributed by atoms with Crippen molar-refractivity contribution in [1.82, 2.24) is 19.5 Å². The highest BCUT2D eigenvalue weighted by molar-refractivity contribution is 5.77. The van der Waals surface area contributed by atoms with Crippen LogP contribution in [0.15, 0.2) is 61.1 Å². The van der Waals surface area contributed by atoms with E-state index >= 15 is 0 Å². The van der Waals surface area contributed by atoms with E-state index < -0.39 is 0 Å². The molecule has 8 nitrogen and oxygen atoms in total. The van der Waals surface area contributed by atoms with E-state index in [-0.39, 0.29) is 18.5 Å². The van der Waals surface area contributed by atoms with Gasteiger partial charge >= 0.3 is 0 Å². The Balaban J connectivity index is 1.35. The molecule has 0 unspecified atom stereocenters. The second-order valence-corrected chi connectivity index (χ2v) is 8.72. The molecule has 2 aromatic carbocycles. The predicted molar refractivity (Wildman–Crippen MR) is 131 cm³/mol. The number of nitrogens with two attached hydrogens (primary N) is 1. The summed E-state index contributed by atoms with van der Waals surface area (Å²) in [5.74, 6) is 0.767. The van der Waals surface area contributed by atoms with E-state index in [2.05, 4.69) is 32.4 Å². The number of nitrogens with zero attached hydrogens (tertiary/aromatic N) is 5. The van der Waals surface area contributed by atoms with E-state index in [0.717, 1.165) is 43.6 Å². The lowest BCUT2D eigenvalue weighted by molar-refractivity contribution is 0.206. The van der Waals surface area contributed by atoms with Crippen LogP contribution in [-0.4, -0.2) is 38.6 Å². The van der Waals surface area contributed by atoms with E-state index in [0.29, 0.717) is 28.4 Å². The Kier molecular flexibility index (Phi) is 6.57. The fraction of sp³-hybridized carbons (Fsp3) is 0.269. The predicted octanol–water partition coefficient (Wildman–Crippen LogP) is 3.99. The summed E-state index contributed by atoms with van der Waals surface area (Å²) in [7, 11) is 0. The van der Waals surface area contributed by atoms with Gasteiger partial charge in [0.2, 0.25) is 0 Å². The van der Waals surface area contributed by atoms with Crippen molar-refractivity contribution in [3.63, 3.8) is 0 Å². The number of halogens is 1. The number of nitriles is 1. The third-order valence-corrected chi connectivity index (χ3v) is 6.21. The van der Waals surface area contributed by atoms with Crippen LogP contribution in [-0.2, 0) is 13.2 Å². The molecule has 1 fully saturated rings. The van der Waals surface area contributed by atoms with Crippen molar-refractivity contribution in [2.45, 2.75) is 32.0 Å². The van der Waals surface area contributed by atoms with Crippen LogP contribution >= 0.6 is 0 Å². The van der Waals surface area contributed by atoms with Crippen LogP contribution in [0.4, 0.5) is 15.9 Å². The second kappa shape index (κ2) is 10.1. The monoisotopic (exact) mass is 471 g/mol. The highest BCUT2D eigenvalue weighted by atomic mass is 19.1. The van der Waals surface area contributed by atoms with Crippen molar-refractivity contribution >= 4 is 17.0 Å². The smallest absolute Gasteiger partial charge is 0.158 e. The van der Waals surface area contributed by atoms with Gasteiger partial charge in [0.1, 0.15) is 36.1 Å². The molecule has 3 N–H and O–H groups in total. The summed E-state index contributed by atoms with van der Waals surface area (Å²) in [6.45, 7) is 2.90. The van der Waals surface area contributed by atoms with Crippen LogP contribution in [0.3, 0.4) is 0 Å². The molecule has 2 aromatic heterocycles. The normalized spacial score (nSPS) is 14.7. The Morgan fingerprint density at radius 1 is 1.17 bits per heavy atom. The van der Waals surface area contributed by atoms with E-state index in [1.807, 2.05) is 16.8 Å². The summed E-state index contributed by atoms with van der Waals surface area (Å²) >= 11 is 0. The van der Waals surface area contributed by atoms with Gasteiger partial charge in [0.25, 0.3) is 0 Å². The third kappa shape index (κ3) is 5.24. The lowest BCUT2D eigenvalue weighted by Crippen LogP contribution is -2.39. The molecule has 0 spiro atoms. The Morgan fingerprint density at radius 2 is 2.03 bits per heavy atom. The first-order chi connectivity index (χ1) is 17.1. The number of nitrogens with one attached hydrogen (secondary N) is 1. The van der Waals surface area contributed by atoms with Gasteiger partial charge in [-0.05, 0) is 73.5 Å². The first-order valence-corrected chi connectivity index (χ1v) is 11.6. The molecule has 0 atom stereocenters. The average molecular weight is 472 g/mol. The minimum Gasteiger partial charge on any atom is -0.488 e. The van der Waals surface area contributed by atoms with Crippen LogP contribution in [0.5, 0.6) is 5.75 Å². The maximum Gasteiger partial charge on any atom is 0.158 e. The topological polar surface area (TPSA) is 104 Å². The molecule has 1 aliphatic rings. The van der Waals surface area contributed by atoms with Crippen molar-refractivity contribution < 1.29 is 9.13 Å². The standard InChI is InChI=1S/C26H26FN7O/c27-21-3-1-2-18(12-21)16-35-24-5-4-23(13-20(24)14-28)32-26-25-19(6-11-34(25)31-17-30-26)15-33-9-7-22(29)8-10-33/h1-6,11-13,17,22H,7-10,15-16,29H2,(H,30,31,32). The molecule has 0 saturated carbocycles. The zero-order chi connectivity index (χ0) is 24.2. The van der Waals surface area contributed by atoms with Crippen LogP contribution in [0.2, 0.25) is 0 Å². The number of ether oxygens (including phenoxy) is 1. The number of piperidine rings is 1. The van der Waals surface area contributed by atoms with Gasteiger partial charge in [-0.25, -0.2) is 13.9 Å². The van der Waals surface area contributed by atoms with Crippen LogP contribution in [0.25, 0.3) is 5.52 Å². The van der Waals surface area contributed by atoms with Gasteiger partial charge in [-0.2, -0.15) is 10.4 Å². The lowest BCUT2D eigenvalue weighted by atomic mass is 10.1. The fourth-order valence-electron chi connectivity index (χ4n) is 4.33. The number of hydrogen-bond acceptors (Lipinski definition) is 7. The number of likely N-dealkylation sites (tertiary alicyclic amines) is 1. The highest BCUT2D eigenvalue weighted by Gasteiger charge is 2.19. The molecular weight excluding hydrogens is 445 g/mol. The zero-order valence-electron chi connectivity index (χ0n) is 19.2. The molecule has 1 aliphatic heterocycles. The summed E-state index contributed by atoms with van der Waals surface area (Å²) in [4.78, 5) is 6.87. The summed E-state index contributed by atoms with van der Waals surface area (Å²) in [5.41, 5.74) is 9.84. The van der Waals surface area contributed by atoms with E-state index in [1.54, 1.807) is 24.3 Å². The average Bonchev–Trinajstić information content (AvgIpc) is 3.28. The second-order valence-electron chi connectivity index (χ2n) is 8.72. The van der Waals surface area contributed by atoms with Crippen molar-refractivity contribution in [2.75, 3.05) is 18.4 Å². The summed E-state index contributed by atoms with van der Waals surface area (Å²) < 4.78 is 21.0. The maximum absolute atomic E-state index is 13.4. The van der Waals surface area contributed by atoms with Crippen LogP contribution < -0.4 is 15.8 Å². The Labute approximate surface area is 202 Å². The molecule has 3 heterocycles. The van der Waals surface area contributed by atoms with Gasteiger partial charge in [0, 0.05) is 24.5 Å². The Bertz CT molecular complexity index is 1370. The number of fused-ring (bicyclic) bond motifs is 1. The van der Waals surface area contributed by atoms with Crippen molar-refractivity contribution in [2.24, 2.45) is 5.73 Å². The molecule has 0 bridgehead atoms. The molecule has 0 radical (unpaired) electrons. The molecule has 178 valence electrons. The van der Waals surface area contributed by atoms with Gasteiger partial charge in [-0.1, -0.05) is 12.1 Å². The molecule has 0 amide bonds. The Hall–Kier alpha value is -4.00. The van der Waals surface area contributed by atoms with Crippen molar-refractivity contribution in [1.29, 1.82) is 5.26 Å². The van der Waals surface area contributed by atoms with E-state index in [4.69, 9.17) is 10.5 Å². The Morgan fingerprint density at radius 3 is 2.83 bits per heavy atom. The highest BCUT2D eigenvalue weighted by Crippen LogP contribution is 2.28. The van der Waals surface area contributed by atoms with Gasteiger partial charge < -0.3 is 15.8 Å². The molecular formula is C26H26FN7O. The molecule has 1 saturated heterocycles. The minimum absolute atomic E-state index is 0.167. The third-order valence-electron chi connectivity index (χ3n) is 6.21. The van der Waals surface area contributed by atoms with E-state index in [1.165, 1.54) is 18.5 Å². The summed E-state index contributed by atoms with van der Waals surface area (Å²) in [5, 5.41) is 17.4. The molecule has 35 heavy (non-hydrogen) atoms. The minimum atomic E-state index is -0.323. The number of aromatic nitrogens is 3. The number of anilines is 2.